The molecular formula is C58H96N10O12. The van der Waals surface area contributed by atoms with Crippen LogP contribution in [0.4, 0.5) is 0 Å². The molecule has 1 aliphatic carbocycles. The van der Waals surface area contributed by atoms with E-state index in [4.69, 9.17) is 4.74 Å². The Morgan fingerprint density at radius 3 is 1.66 bits per heavy atom. The fourth-order valence-corrected chi connectivity index (χ4v) is 9.65. The summed E-state index contributed by atoms with van der Waals surface area (Å²) in [6.07, 6.45) is 1.48. The first kappa shape index (κ1) is 68.3. The van der Waals surface area contributed by atoms with Crippen LogP contribution in [0.2, 0.25) is 0 Å². The lowest BCUT2D eigenvalue weighted by Gasteiger charge is -2.38. The first-order valence-electron chi connectivity index (χ1n) is 28.3. The van der Waals surface area contributed by atoms with E-state index in [0.29, 0.717) is 31.5 Å². The molecular weight excluding hydrogens is 1030 g/mol. The molecule has 2 aliphatic rings. The minimum Gasteiger partial charge on any atom is -0.391 e. The number of ketones is 1. The number of aliphatic hydroxyl groups excluding tert-OH is 1. The van der Waals surface area contributed by atoms with Gasteiger partial charge in [0, 0.05) is 73.1 Å². The summed E-state index contributed by atoms with van der Waals surface area (Å²) in [5.41, 5.74) is -0.00304. The maximum Gasteiger partial charge on any atom is 0.247 e. The highest BCUT2D eigenvalue weighted by atomic mass is 16.5. The number of rotatable bonds is 29. The van der Waals surface area contributed by atoms with Gasteiger partial charge in [-0.25, -0.2) is 0 Å². The molecule has 22 heteroatoms. The van der Waals surface area contributed by atoms with Crippen LogP contribution in [-0.2, 0) is 59.1 Å². The molecule has 450 valence electrons. The van der Waals surface area contributed by atoms with E-state index in [9.17, 15) is 53.1 Å². The molecule has 0 radical (unpaired) electrons. The Bertz CT molecular complexity index is 2300. The summed E-state index contributed by atoms with van der Waals surface area (Å²) in [5.74, 6) is -5.84. The number of hydrogen-bond donors (Lipinski definition) is 5. The lowest BCUT2D eigenvalue weighted by Crippen LogP contribution is -2.61. The monoisotopic (exact) mass is 1120 g/mol. The molecule has 1 aliphatic heterocycles. The maximum absolute atomic E-state index is 14.9. The second-order valence-electron chi connectivity index (χ2n) is 23.9. The van der Waals surface area contributed by atoms with Crippen molar-refractivity contribution in [2.24, 2.45) is 17.8 Å². The van der Waals surface area contributed by atoms with Gasteiger partial charge in [-0.1, -0.05) is 58.0 Å². The SMILES string of the molecule is CN[C@@H](CC(C)C)C(=O)NC(COC(C)(C)C)C(=O)N[C@@H](CC(=O)N(C)[C@H](C)C(=O)N(C)[C@@H](C)C(=O)N(C)[C@@H](Cc1ccccc1)C(=O)N(C)C(CC(C)C)C(=O)N[C@H](C(=O)N(C)C(C)[C@@H]1CC1=O)[C@@H](C)O)C(=O)N1CCCCC1. The fourth-order valence-electron chi connectivity index (χ4n) is 9.65. The van der Waals surface area contributed by atoms with Crippen LogP contribution in [0, 0.1) is 17.8 Å². The molecule has 1 heterocycles. The number of piperidine rings is 1. The number of amides is 9. The average molecular weight is 1130 g/mol. The van der Waals surface area contributed by atoms with Crippen LogP contribution in [-0.4, -0.2) is 222 Å². The zero-order chi connectivity index (χ0) is 60.7. The van der Waals surface area contributed by atoms with E-state index < -0.39 is 126 Å². The van der Waals surface area contributed by atoms with Gasteiger partial charge in [0.2, 0.25) is 53.2 Å². The summed E-state index contributed by atoms with van der Waals surface area (Å²) >= 11 is 0. The Morgan fingerprint density at radius 2 is 1.15 bits per heavy atom. The van der Waals surface area contributed by atoms with Crippen molar-refractivity contribution in [2.45, 2.75) is 194 Å². The van der Waals surface area contributed by atoms with E-state index in [1.807, 2.05) is 27.7 Å². The number of hydrogen-bond acceptors (Lipinski definition) is 13. The predicted molar refractivity (Wildman–Crippen MR) is 303 cm³/mol. The minimum absolute atomic E-state index is 0.0107. The van der Waals surface area contributed by atoms with Gasteiger partial charge in [0.05, 0.1) is 30.8 Å². The number of benzene rings is 1. The second kappa shape index (κ2) is 30.7. The Kier molecular flexibility index (Phi) is 26.2. The molecule has 1 saturated heterocycles. The van der Waals surface area contributed by atoms with Crippen LogP contribution in [0.5, 0.6) is 0 Å². The Morgan fingerprint density at radius 1 is 0.637 bits per heavy atom. The van der Waals surface area contributed by atoms with Crippen LogP contribution in [0.1, 0.15) is 127 Å². The zero-order valence-electron chi connectivity index (χ0n) is 50.8. The molecule has 3 unspecified atom stereocenters. The normalized spacial score (nSPS) is 18.2. The molecule has 1 aromatic carbocycles. The van der Waals surface area contributed by atoms with Crippen molar-refractivity contribution < 1.29 is 57.8 Å². The van der Waals surface area contributed by atoms with Crippen molar-refractivity contribution in [1.29, 1.82) is 0 Å². The smallest absolute Gasteiger partial charge is 0.247 e. The highest BCUT2D eigenvalue weighted by Gasteiger charge is 2.45. The van der Waals surface area contributed by atoms with Crippen LogP contribution in [0.25, 0.3) is 0 Å². The number of nitrogens with one attached hydrogen (secondary N) is 4. The molecule has 0 spiro atoms. The zero-order valence-corrected chi connectivity index (χ0v) is 50.8. The van der Waals surface area contributed by atoms with Crippen molar-refractivity contribution in [3.63, 3.8) is 0 Å². The van der Waals surface area contributed by atoms with E-state index >= 15 is 0 Å². The van der Waals surface area contributed by atoms with Gasteiger partial charge < -0.3 is 60.5 Å². The van der Waals surface area contributed by atoms with E-state index in [-0.39, 0.29) is 43.0 Å². The van der Waals surface area contributed by atoms with Crippen molar-refractivity contribution in [3.05, 3.63) is 35.9 Å². The fraction of sp³-hybridized carbons (Fsp3) is 0.724. The summed E-state index contributed by atoms with van der Waals surface area (Å²) in [7, 11) is 8.81. The third-order valence-corrected chi connectivity index (χ3v) is 15.4. The van der Waals surface area contributed by atoms with E-state index in [1.165, 1.54) is 75.6 Å². The molecule has 2 fully saturated rings. The van der Waals surface area contributed by atoms with Gasteiger partial charge in [0.15, 0.2) is 0 Å². The molecule has 0 bridgehead atoms. The summed E-state index contributed by atoms with van der Waals surface area (Å²) in [5, 5.41) is 22.0. The quantitative estimate of drug-likeness (QED) is 0.0767. The van der Waals surface area contributed by atoms with Gasteiger partial charge in [0.25, 0.3) is 0 Å². The first-order chi connectivity index (χ1) is 37.2. The summed E-state index contributed by atoms with van der Waals surface area (Å²) < 4.78 is 5.96. The largest absolute Gasteiger partial charge is 0.391 e. The summed E-state index contributed by atoms with van der Waals surface area (Å²) in [6, 6.07) is -0.938. The van der Waals surface area contributed by atoms with E-state index in [2.05, 4.69) is 21.3 Å². The molecule has 5 N–H and O–H groups in total. The molecule has 0 aromatic heterocycles. The molecule has 9 amide bonds. The van der Waals surface area contributed by atoms with Gasteiger partial charge >= 0.3 is 0 Å². The molecule has 22 nitrogen and oxygen atoms in total. The third kappa shape index (κ3) is 19.6. The van der Waals surface area contributed by atoms with Crippen molar-refractivity contribution in [2.75, 3.05) is 62.0 Å². The number of aliphatic hydroxyl groups is 1. The molecule has 3 rings (SSSR count). The number of ether oxygens (including phenoxy) is 1. The van der Waals surface area contributed by atoms with E-state index in [1.54, 1.807) is 70.0 Å². The van der Waals surface area contributed by atoms with Gasteiger partial charge in [-0.15, -0.1) is 0 Å². The molecule has 1 saturated carbocycles. The highest BCUT2D eigenvalue weighted by Crippen LogP contribution is 2.31. The highest BCUT2D eigenvalue weighted by molar-refractivity contribution is 5.99. The molecule has 80 heavy (non-hydrogen) atoms. The number of likely N-dealkylation sites (tertiary alicyclic amines) is 1. The topological polar surface area (TPSA) is 268 Å². The van der Waals surface area contributed by atoms with Crippen molar-refractivity contribution in [1.82, 2.24) is 50.7 Å². The maximum atomic E-state index is 14.9. The van der Waals surface area contributed by atoms with Gasteiger partial charge in [-0.3, -0.25) is 47.9 Å². The number of likely N-dealkylation sites (N-methyl/N-ethyl adjacent to an activating group) is 6. The van der Waals surface area contributed by atoms with Gasteiger partial charge in [-0.05, 0) is 105 Å². The Labute approximate surface area is 475 Å². The standard InChI is InChI=1S/C58H96N10O12/c1-34(2)28-42(59-12)50(72)61-44(33-80-58(9,10)11)51(73)60-43(55(77)68-26-22-19-23-27-68)32-48(71)63(13)37(6)53(75)65(15)38(7)54(76)67(17)46(30-40-24-20-18-21-25-40)56(78)66(16)45(29-35(3)4)52(74)62-49(39(8)69)57(79)64(14)36(5)41-31-47(41)70/h18,20-21,24-25,34-39,41-46,49,59,69H,19,22-23,26-33H2,1-17H3,(H,60,73)(H,61,72)(H,62,74)/t36?,37-,38+,39-,41+,42+,43+,44?,45?,46+,49+/m1/s1. The number of nitrogens with zero attached hydrogens (tertiary/aromatic N) is 6. The van der Waals surface area contributed by atoms with Crippen LogP contribution < -0.4 is 21.3 Å². The summed E-state index contributed by atoms with van der Waals surface area (Å²) in [6.45, 7) is 19.7. The average Bonchev–Trinajstić information content (AvgIpc) is 4.17. The van der Waals surface area contributed by atoms with E-state index in [0.717, 1.165) is 24.2 Å². The Hall–Kier alpha value is -6.00. The third-order valence-electron chi connectivity index (χ3n) is 15.4. The van der Waals surface area contributed by atoms with Gasteiger partial charge in [0.1, 0.15) is 48.1 Å². The molecule has 11 atom stereocenters. The summed E-state index contributed by atoms with van der Waals surface area (Å²) in [4.78, 5) is 148. The van der Waals surface area contributed by atoms with Crippen LogP contribution in [0.15, 0.2) is 30.3 Å². The first-order valence-corrected chi connectivity index (χ1v) is 28.3. The van der Waals surface area contributed by atoms with Crippen molar-refractivity contribution in [3.8, 4) is 0 Å². The lowest BCUT2D eigenvalue weighted by atomic mass is 9.98. The number of carbonyl (C=O) groups is 10. The Balaban J connectivity index is 1.89. The van der Waals surface area contributed by atoms with Crippen LogP contribution in [0.3, 0.4) is 0 Å². The minimum atomic E-state index is -1.40. The van der Waals surface area contributed by atoms with Crippen LogP contribution >= 0.6 is 0 Å². The lowest BCUT2D eigenvalue weighted by molar-refractivity contribution is -0.153. The second-order valence-corrected chi connectivity index (χ2v) is 23.9. The van der Waals surface area contributed by atoms with Gasteiger partial charge in [-0.2, -0.15) is 0 Å². The van der Waals surface area contributed by atoms with Crippen molar-refractivity contribution >= 4 is 58.9 Å². The number of carbonyl (C=O) groups excluding carboxylic acids is 10. The molecule has 1 aromatic rings. The number of Topliss-reactive ketones (excluding diaryl/α,β-unsaturated/α-hetero) is 1. The predicted octanol–water partition coefficient (Wildman–Crippen LogP) is 1.75.